The molecule has 1 saturated heterocycles. The third-order valence-corrected chi connectivity index (χ3v) is 5.83. The van der Waals surface area contributed by atoms with Crippen LogP contribution in [0.15, 0.2) is 42.5 Å². The molecule has 2 aromatic rings. The summed E-state index contributed by atoms with van der Waals surface area (Å²) in [7, 11) is 2.09. The molecule has 2 aliphatic heterocycles. The van der Waals surface area contributed by atoms with Gasteiger partial charge in [-0.2, -0.15) is 0 Å². The van der Waals surface area contributed by atoms with E-state index in [2.05, 4.69) is 30.1 Å². The summed E-state index contributed by atoms with van der Waals surface area (Å²) >= 11 is 0. The molecular weight excluding hydrogens is 350 g/mol. The van der Waals surface area contributed by atoms with E-state index in [0.29, 0.717) is 6.42 Å². The second kappa shape index (κ2) is 7.76. The van der Waals surface area contributed by atoms with Gasteiger partial charge in [-0.1, -0.05) is 25.1 Å². The van der Waals surface area contributed by atoms with Gasteiger partial charge in [0.25, 0.3) is 5.91 Å². The fourth-order valence-electron chi connectivity index (χ4n) is 4.03. The largest absolute Gasteiger partial charge is 0.336 e. The number of amides is 2. The normalized spacial score (nSPS) is 16.9. The van der Waals surface area contributed by atoms with E-state index in [4.69, 9.17) is 0 Å². The van der Waals surface area contributed by atoms with Gasteiger partial charge in [0.05, 0.1) is 0 Å². The monoisotopic (exact) mass is 377 g/mol. The number of rotatable bonds is 3. The quantitative estimate of drug-likeness (QED) is 0.826. The van der Waals surface area contributed by atoms with Crippen LogP contribution in [0.25, 0.3) is 11.1 Å². The van der Waals surface area contributed by atoms with Gasteiger partial charge in [-0.05, 0) is 54.4 Å². The molecule has 0 radical (unpaired) electrons. The van der Waals surface area contributed by atoms with Crippen LogP contribution in [0.4, 0.5) is 5.69 Å². The van der Waals surface area contributed by atoms with Gasteiger partial charge >= 0.3 is 0 Å². The molecule has 0 aromatic heterocycles. The van der Waals surface area contributed by atoms with Gasteiger partial charge in [-0.3, -0.25) is 9.59 Å². The number of benzene rings is 2. The Hall–Kier alpha value is -2.66. The Morgan fingerprint density at radius 3 is 2.25 bits per heavy atom. The maximum Gasteiger partial charge on any atom is 0.253 e. The molecule has 2 aliphatic rings. The molecule has 1 fully saturated rings. The number of hydrogen-bond donors (Lipinski definition) is 0. The van der Waals surface area contributed by atoms with Gasteiger partial charge in [0, 0.05) is 50.4 Å². The van der Waals surface area contributed by atoms with Crippen LogP contribution in [0.2, 0.25) is 0 Å². The van der Waals surface area contributed by atoms with E-state index in [-0.39, 0.29) is 11.8 Å². The van der Waals surface area contributed by atoms with E-state index >= 15 is 0 Å². The highest BCUT2D eigenvalue weighted by molar-refractivity contribution is 5.96. The van der Waals surface area contributed by atoms with Crippen LogP contribution in [0.5, 0.6) is 0 Å². The molecule has 0 bridgehead atoms. The SMILES string of the molecule is CCC(=O)N1CCc2cc(-c3ccc(C(=O)N4CCN(C)CC4)cc3)ccc21. The molecule has 2 amide bonds. The first-order valence-corrected chi connectivity index (χ1v) is 10.1. The van der Waals surface area contributed by atoms with Crippen LogP contribution >= 0.6 is 0 Å². The van der Waals surface area contributed by atoms with Crippen molar-refractivity contribution in [1.29, 1.82) is 0 Å². The van der Waals surface area contributed by atoms with Gasteiger partial charge in [0.1, 0.15) is 0 Å². The summed E-state index contributed by atoms with van der Waals surface area (Å²) in [5.41, 5.74) is 5.23. The van der Waals surface area contributed by atoms with Crippen molar-refractivity contribution in [3.05, 3.63) is 53.6 Å². The standard InChI is InChI=1S/C23H27N3O2/c1-3-22(27)26-11-10-20-16-19(8-9-21(20)26)17-4-6-18(7-5-17)23(28)25-14-12-24(2)13-15-25/h4-9,16H,3,10-15H2,1-2H3. The minimum atomic E-state index is 0.113. The fourth-order valence-corrected chi connectivity index (χ4v) is 4.03. The predicted molar refractivity (Wildman–Crippen MR) is 112 cm³/mol. The van der Waals surface area contributed by atoms with Crippen molar-refractivity contribution in [2.24, 2.45) is 0 Å². The molecule has 5 heteroatoms. The van der Waals surface area contributed by atoms with Gasteiger partial charge in [0.2, 0.25) is 5.91 Å². The number of carbonyl (C=O) groups excluding carboxylic acids is 2. The lowest BCUT2D eigenvalue weighted by Crippen LogP contribution is -2.47. The summed E-state index contributed by atoms with van der Waals surface area (Å²) in [5.74, 6) is 0.292. The summed E-state index contributed by atoms with van der Waals surface area (Å²) in [6.07, 6.45) is 1.43. The van der Waals surface area contributed by atoms with Crippen LogP contribution < -0.4 is 4.90 Å². The molecule has 28 heavy (non-hydrogen) atoms. The number of carbonyl (C=O) groups is 2. The van der Waals surface area contributed by atoms with E-state index in [9.17, 15) is 9.59 Å². The Balaban J connectivity index is 1.50. The topological polar surface area (TPSA) is 43.9 Å². The lowest BCUT2D eigenvalue weighted by molar-refractivity contribution is -0.118. The first-order chi connectivity index (χ1) is 13.6. The molecule has 2 heterocycles. The zero-order valence-corrected chi connectivity index (χ0v) is 16.6. The first-order valence-electron chi connectivity index (χ1n) is 10.1. The Kier molecular flexibility index (Phi) is 5.18. The summed E-state index contributed by atoms with van der Waals surface area (Å²) in [6.45, 7) is 6.10. The predicted octanol–water partition coefficient (Wildman–Crippen LogP) is 3.04. The lowest BCUT2D eigenvalue weighted by Gasteiger charge is -2.32. The maximum absolute atomic E-state index is 12.7. The Morgan fingerprint density at radius 2 is 1.57 bits per heavy atom. The van der Waals surface area contributed by atoms with Crippen molar-refractivity contribution < 1.29 is 9.59 Å². The van der Waals surface area contributed by atoms with Gasteiger partial charge in [0.15, 0.2) is 0 Å². The van der Waals surface area contributed by atoms with Crippen molar-refractivity contribution in [1.82, 2.24) is 9.80 Å². The van der Waals surface area contributed by atoms with E-state index in [1.165, 1.54) is 5.56 Å². The molecule has 4 rings (SSSR count). The lowest BCUT2D eigenvalue weighted by atomic mass is 10.00. The van der Waals surface area contributed by atoms with Crippen LogP contribution in [-0.4, -0.2) is 61.4 Å². The summed E-state index contributed by atoms with van der Waals surface area (Å²) in [4.78, 5) is 30.8. The number of anilines is 1. The third-order valence-electron chi connectivity index (χ3n) is 5.83. The Morgan fingerprint density at radius 1 is 0.893 bits per heavy atom. The molecule has 0 N–H and O–H groups in total. The van der Waals surface area contributed by atoms with Crippen molar-refractivity contribution in [3.63, 3.8) is 0 Å². The number of hydrogen-bond acceptors (Lipinski definition) is 3. The first kappa shape index (κ1) is 18.7. The van der Waals surface area contributed by atoms with Crippen molar-refractivity contribution in [2.45, 2.75) is 19.8 Å². The molecule has 0 saturated carbocycles. The summed E-state index contributed by atoms with van der Waals surface area (Å²) in [6, 6.07) is 14.2. The zero-order chi connectivity index (χ0) is 19.7. The maximum atomic E-state index is 12.7. The van der Waals surface area contributed by atoms with Crippen molar-refractivity contribution in [2.75, 3.05) is 44.7 Å². The Labute approximate surface area is 166 Å². The van der Waals surface area contributed by atoms with Crippen LogP contribution in [0.3, 0.4) is 0 Å². The minimum absolute atomic E-state index is 0.113. The summed E-state index contributed by atoms with van der Waals surface area (Å²) < 4.78 is 0. The average Bonchev–Trinajstić information content (AvgIpc) is 3.16. The van der Waals surface area contributed by atoms with Gasteiger partial charge in [-0.15, -0.1) is 0 Å². The number of piperazine rings is 1. The molecule has 0 spiro atoms. The third kappa shape index (κ3) is 3.54. The summed E-state index contributed by atoms with van der Waals surface area (Å²) in [5, 5.41) is 0. The Bertz CT molecular complexity index is 883. The zero-order valence-electron chi connectivity index (χ0n) is 16.6. The molecule has 146 valence electrons. The number of fused-ring (bicyclic) bond motifs is 1. The van der Waals surface area contributed by atoms with E-state index in [1.807, 2.05) is 41.0 Å². The molecule has 2 aromatic carbocycles. The van der Waals surface area contributed by atoms with Crippen LogP contribution in [0.1, 0.15) is 29.3 Å². The van der Waals surface area contributed by atoms with E-state index in [1.54, 1.807) is 0 Å². The molecule has 0 aliphatic carbocycles. The second-order valence-electron chi connectivity index (χ2n) is 7.67. The highest BCUT2D eigenvalue weighted by Crippen LogP contribution is 2.32. The number of nitrogens with zero attached hydrogens (tertiary/aromatic N) is 3. The van der Waals surface area contributed by atoms with Crippen LogP contribution in [-0.2, 0) is 11.2 Å². The number of likely N-dealkylation sites (N-methyl/N-ethyl adjacent to an activating group) is 1. The van der Waals surface area contributed by atoms with Gasteiger partial charge in [-0.25, -0.2) is 0 Å². The minimum Gasteiger partial charge on any atom is -0.336 e. The molecule has 0 atom stereocenters. The van der Waals surface area contributed by atoms with E-state index < -0.39 is 0 Å². The molecule has 0 unspecified atom stereocenters. The highest BCUT2D eigenvalue weighted by atomic mass is 16.2. The van der Waals surface area contributed by atoms with Crippen molar-refractivity contribution >= 4 is 17.5 Å². The smallest absolute Gasteiger partial charge is 0.253 e. The molecule has 5 nitrogen and oxygen atoms in total. The average molecular weight is 377 g/mol. The molecular formula is C23H27N3O2. The second-order valence-corrected chi connectivity index (χ2v) is 7.67. The highest BCUT2D eigenvalue weighted by Gasteiger charge is 2.24. The van der Waals surface area contributed by atoms with Crippen LogP contribution in [0, 0.1) is 0 Å². The van der Waals surface area contributed by atoms with Crippen molar-refractivity contribution in [3.8, 4) is 11.1 Å². The fraction of sp³-hybridized carbons (Fsp3) is 0.391. The van der Waals surface area contributed by atoms with E-state index in [0.717, 1.165) is 61.5 Å². The van der Waals surface area contributed by atoms with Gasteiger partial charge < -0.3 is 14.7 Å².